The summed E-state index contributed by atoms with van der Waals surface area (Å²) in [7, 11) is 0. The molecular weight excluding hydrogens is 330 g/mol. The monoisotopic (exact) mass is 347 g/mol. The Bertz CT molecular complexity index is 471. The van der Waals surface area contributed by atoms with Crippen molar-refractivity contribution in [2.45, 2.75) is 46.3 Å². The summed E-state index contributed by atoms with van der Waals surface area (Å²) in [5, 5.41) is 2.64. The number of aryl methyl sites for hydroxylation is 1. The quantitative estimate of drug-likeness (QED) is 0.853. The number of hydrogen-bond acceptors (Lipinski definition) is 4. The molecule has 0 aliphatic heterocycles. The van der Waals surface area contributed by atoms with E-state index in [4.69, 9.17) is 4.74 Å². The second kappa shape index (κ2) is 6.05. The molecule has 0 saturated carbocycles. The van der Waals surface area contributed by atoms with Crippen LogP contribution in [0.5, 0.6) is 0 Å². The molecule has 19 heavy (non-hydrogen) atoms. The molecule has 1 aromatic rings. The normalized spacial score (nSPS) is 12.9. The maximum Gasteiger partial charge on any atom is 0.328 e. The van der Waals surface area contributed by atoms with E-state index < -0.39 is 17.6 Å². The van der Waals surface area contributed by atoms with E-state index in [1.165, 1.54) is 11.3 Å². The highest BCUT2D eigenvalue weighted by molar-refractivity contribution is 9.11. The molecule has 1 amide bonds. The lowest BCUT2D eigenvalue weighted by Crippen LogP contribution is -2.42. The molecular formula is C13H18BrNO3S. The number of thiophene rings is 1. The molecule has 0 saturated heterocycles. The highest BCUT2D eigenvalue weighted by Gasteiger charge is 2.24. The average Bonchev–Trinajstić information content (AvgIpc) is 2.56. The van der Waals surface area contributed by atoms with E-state index in [-0.39, 0.29) is 5.91 Å². The average molecular weight is 348 g/mol. The van der Waals surface area contributed by atoms with Crippen LogP contribution in [0.4, 0.5) is 0 Å². The van der Waals surface area contributed by atoms with Crippen LogP contribution in [-0.2, 0) is 9.53 Å². The van der Waals surface area contributed by atoms with Crippen LogP contribution in [0, 0.1) is 6.92 Å². The topological polar surface area (TPSA) is 55.4 Å². The zero-order chi connectivity index (χ0) is 14.8. The molecule has 1 rings (SSSR count). The van der Waals surface area contributed by atoms with Crippen LogP contribution in [0.3, 0.4) is 0 Å². The fourth-order valence-corrected chi connectivity index (χ4v) is 2.73. The van der Waals surface area contributed by atoms with Crippen molar-refractivity contribution in [2.75, 3.05) is 0 Å². The molecule has 0 aromatic carbocycles. The molecule has 0 bridgehead atoms. The number of carbonyl (C=O) groups is 2. The lowest BCUT2D eigenvalue weighted by Gasteiger charge is -2.22. The van der Waals surface area contributed by atoms with Crippen molar-refractivity contribution in [1.82, 2.24) is 5.32 Å². The van der Waals surface area contributed by atoms with Gasteiger partial charge in [-0.3, -0.25) is 4.79 Å². The van der Waals surface area contributed by atoms with Gasteiger partial charge in [-0.05, 0) is 62.2 Å². The van der Waals surface area contributed by atoms with Crippen LogP contribution < -0.4 is 5.32 Å². The van der Waals surface area contributed by atoms with Gasteiger partial charge in [0.05, 0.1) is 8.66 Å². The highest BCUT2D eigenvalue weighted by Crippen LogP contribution is 2.27. The number of hydrogen-bond donors (Lipinski definition) is 1. The van der Waals surface area contributed by atoms with Gasteiger partial charge in [-0.25, -0.2) is 4.79 Å². The maximum absolute atomic E-state index is 12.0. The Kier molecular flexibility index (Phi) is 5.15. The van der Waals surface area contributed by atoms with E-state index in [0.29, 0.717) is 4.88 Å². The van der Waals surface area contributed by atoms with Gasteiger partial charge in [0.15, 0.2) is 0 Å². The van der Waals surface area contributed by atoms with Crippen molar-refractivity contribution >= 4 is 39.1 Å². The molecule has 4 nitrogen and oxygen atoms in total. The summed E-state index contributed by atoms with van der Waals surface area (Å²) in [5.41, 5.74) is 0.443. The largest absolute Gasteiger partial charge is 0.458 e. The summed E-state index contributed by atoms with van der Waals surface area (Å²) in [5.74, 6) is -0.703. The Morgan fingerprint density at radius 3 is 2.42 bits per heavy atom. The zero-order valence-corrected chi connectivity index (χ0v) is 14.1. The minimum Gasteiger partial charge on any atom is -0.458 e. The molecule has 0 unspecified atom stereocenters. The fourth-order valence-electron chi connectivity index (χ4n) is 1.29. The number of amides is 1. The predicted molar refractivity (Wildman–Crippen MR) is 79.5 cm³/mol. The van der Waals surface area contributed by atoms with Gasteiger partial charge in [-0.2, -0.15) is 0 Å². The van der Waals surface area contributed by atoms with Gasteiger partial charge in [0.25, 0.3) is 5.91 Å². The Morgan fingerprint density at radius 1 is 1.42 bits per heavy atom. The number of nitrogens with one attached hydrogen (secondary N) is 1. The first-order valence-corrected chi connectivity index (χ1v) is 7.51. The van der Waals surface area contributed by atoms with Crippen molar-refractivity contribution in [3.63, 3.8) is 0 Å². The number of esters is 1. The highest BCUT2D eigenvalue weighted by atomic mass is 79.9. The van der Waals surface area contributed by atoms with Gasteiger partial charge in [-0.1, -0.05) is 0 Å². The number of rotatable bonds is 3. The van der Waals surface area contributed by atoms with Crippen LogP contribution in [0.25, 0.3) is 0 Å². The van der Waals surface area contributed by atoms with Crippen molar-refractivity contribution in [2.24, 2.45) is 0 Å². The Hall–Kier alpha value is -0.880. The Morgan fingerprint density at radius 2 is 2.00 bits per heavy atom. The summed E-state index contributed by atoms with van der Waals surface area (Å²) in [6.07, 6.45) is 0. The van der Waals surface area contributed by atoms with Crippen LogP contribution in [0.1, 0.15) is 42.9 Å². The molecule has 106 valence electrons. The van der Waals surface area contributed by atoms with Gasteiger partial charge < -0.3 is 10.1 Å². The molecule has 1 aromatic heterocycles. The third-order valence-electron chi connectivity index (χ3n) is 2.19. The van der Waals surface area contributed by atoms with E-state index in [9.17, 15) is 9.59 Å². The lowest BCUT2D eigenvalue weighted by molar-refractivity contribution is -0.156. The molecule has 0 radical (unpaired) electrons. The van der Waals surface area contributed by atoms with Gasteiger partial charge in [0.1, 0.15) is 11.6 Å². The maximum atomic E-state index is 12.0. The summed E-state index contributed by atoms with van der Waals surface area (Å²) in [6.45, 7) is 8.90. The molecule has 0 aliphatic carbocycles. The smallest absolute Gasteiger partial charge is 0.328 e. The summed E-state index contributed by atoms with van der Waals surface area (Å²) >= 11 is 4.71. The second-order valence-electron chi connectivity index (χ2n) is 5.30. The molecule has 6 heteroatoms. The zero-order valence-electron chi connectivity index (χ0n) is 11.7. The lowest BCUT2D eigenvalue weighted by atomic mass is 10.2. The summed E-state index contributed by atoms with van der Waals surface area (Å²) in [4.78, 5) is 24.3. The second-order valence-corrected chi connectivity index (χ2v) is 7.67. The van der Waals surface area contributed by atoms with Crippen LogP contribution in [-0.4, -0.2) is 23.5 Å². The van der Waals surface area contributed by atoms with E-state index >= 15 is 0 Å². The van der Waals surface area contributed by atoms with Crippen LogP contribution in [0.15, 0.2) is 9.85 Å². The standard InChI is InChI=1S/C13H18BrNO3S/c1-7-6-9(19-10(7)14)11(16)15-8(2)12(17)18-13(3,4)5/h6,8H,1-5H3,(H,15,16)/t8-/m0/s1. The first-order valence-electron chi connectivity index (χ1n) is 5.90. The molecule has 0 aliphatic rings. The van der Waals surface area contributed by atoms with Crippen molar-refractivity contribution in [1.29, 1.82) is 0 Å². The van der Waals surface area contributed by atoms with Crippen molar-refractivity contribution in [3.05, 3.63) is 20.3 Å². The first-order chi connectivity index (χ1) is 8.60. The Balaban J connectivity index is 2.64. The summed E-state index contributed by atoms with van der Waals surface area (Å²) < 4.78 is 6.12. The van der Waals surface area contributed by atoms with Gasteiger partial charge in [0, 0.05) is 0 Å². The Labute approximate surface area is 125 Å². The molecule has 0 fully saturated rings. The number of ether oxygens (including phenoxy) is 1. The van der Waals surface area contributed by atoms with E-state index in [1.807, 2.05) is 6.92 Å². The van der Waals surface area contributed by atoms with Gasteiger partial charge in [0.2, 0.25) is 0 Å². The molecule has 1 heterocycles. The van der Waals surface area contributed by atoms with E-state index in [1.54, 1.807) is 33.8 Å². The third kappa shape index (κ3) is 4.95. The molecule has 1 N–H and O–H groups in total. The fraction of sp³-hybridized carbons (Fsp3) is 0.538. The first kappa shape index (κ1) is 16.2. The third-order valence-corrected chi connectivity index (χ3v) is 4.32. The minimum absolute atomic E-state index is 0.267. The molecule has 0 spiro atoms. The summed E-state index contributed by atoms with van der Waals surface area (Å²) in [6, 6.07) is 1.11. The number of halogens is 1. The SMILES string of the molecule is Cc1cc(C(=O)N[C@@H](C)C(=O)OC(C)(C)C)sc1Br. The van der Waals surface area contributed by atoms with Crippen molar-refractivity contribution < 1.29 is 14.3 Å². The van der Waals surface area contributed by atoms with Crippen LogP contribution in [0.2, 0.25) is 0 Å². The number of carbonyl (C=O) groups excluding carboxylic acids is 2. The van der Waals surface area contributed by atoms with Gasteiger partial charge in [-0.15, -0.1) is 11.3 Å². The van der Waals surface area contributed by atoms with E-state index in [2.05, 4.69) is 21.2 Å². The molecule has 1 atom stereocenters. The van der Waals surface area contributed by atoms with Crippen molar-refractivity contribution in [3.8, 4) is 0 Å². The predicted octanol–water partition coefficient (Wildman–Crippen LogP) is 3.28. The van der Waals surface area contributed by atoms with Gasteiger partial charge >= 0.3 is 5.97 Å². The minimum atomic E-state index is -0.673. The van der Waals surface area contributed by atoms with Crippen LogP contribution >= 0.6 is 27.3 Å². The van der Waals surface area contributed by atoms with E-state index in [0.717, 1.165) is 9.35 Å².